The molecule has 2 nitrogen and oxygen atoms in total. The van der Waals surface area contributed by atoms with Crippen molar-refractivity contribution in [3.05, 3.63) is 0 Å². The lowest BCUT2D eigenvalue weighted by atomic mass is 9.74. The Bertz CT molecular complexity index is 124. The minimum atomic E-state index is -0.114. The molecule has 0 amide bonds. The Kier molecular flexibility index (Phi) is 1.08. The Hall–Kier alpha value is -0.0800. The van der Waals surface area contributed by atoms with E-state index in [0.717, 1.165) is 19.3 Å². The molecule has 2 heteroatoms. The number of aliphatic hydroxyl groups excluding tert-OH is 2. The Balaban J connectivity index is 2.00. The lowest BCUT2D eigenvalue weighted by Crippen LogP contribution is -2.37. The van der Waals surface area contributed by atoms with Gasteiger partial charge in [-0.05, 0) is 31.1 Å². The van der Waals surface area contributed by atoms with Gasteiger partial charge < -0.3 is 10.2 Å². The smallest absolute Gasteiger partial charge is 0.0574 e. The summed E-state index contributed by atoms with van der Waals surface area (Å²) < 4.78 is 0. The van der Waals surface area contributed by atoms with Gasteiger partial charge in [0.05, 0.1) is 12.2 Å². The van der Waals surface area contributed by atoms with Gasteiger partial charge in [-0.2, -0.15) is 0 Å². The number of hydrogen-bond acceptors (Lipinski definition) is 2. The summed E-state index contributed by atoms with van der Waals surface area (Å²) in [6, 6.07) is 0. The van der Waals surface area contributed by atoms with E-state index in [1.807, 2.05) is 0 Å². The fraction of sp³-hybridized carbons (Fsp3) is 1.00. The van der Waals surface area contributed by atoms with Gasteiger partial charge in [-0.15, -0.1) is 0 Å². The molecule has 2 aliphatic carbocycles. The molecule has 0 aliphatic heterocycles. The highest BCUT2D eigenvalue weighted by Crippen LogP contribution is 2.46. The van der Waals surface area contributed by atoms with Crippen LogP contribution < -0.4 is 0 Å². The zero-order chi connectivity index (χ0) is 6.43. The second kappa shape index (κ2) is 1.70. The maximum absolute atomic E-state index is 9.12. The third kappa shape index (κ3) is 0.700. The normalized spacial score (nSPS) is 56.7. The van der Waals surface area contributed by atoms with Crippen LogP contribution in [0.15, 0.2) is 0 Å². The quantitative estimate of drug-likeness (QED) is 0.487. The van der Waals surface area contributed by atoms with Gasteiger partial charge in [-0.1, -0.05) is 0 Å². The molecule has 0 unspecified atom stereocenters. The van der Waals surface area contributed by atoms with Gasteiger partial charge in [0.2, 0.25) is 0 Å². The van der Waals surface area contributed by atoms with E-state index >= 15 is 0 Å². The van der Waals surface area contributed by atoms with Crippen LogP contribution >= 0.6 is 0 Å². The third-order valence-electron chi connectivity index (χ3n) is 2.76. The molecular formula is C7H12O2. The molecule has 0 saturated heterocycles. The monoisotopic (exact) mass is 128 g/mol. The van der Waals surface area contributed by atoms with E-state index in [2.05, 4.69) is 0 Å². The van der Waals surface area contributed by atoms with Crippen molar-refractivity contribution >= 4 is 0 Å². The van der Waals surface area contributed by atoms with Crippen molar-refractivity contribution < 1.29 is 10.2 Å². The first-order valence-electron chi connectivity index (χ1n) is 3.63. The van der Waals surface area contributed by atoms with Crippen LogP contribution in [0.2, 0.25) is 0 Å². The number of hydrogen-bond donors (Lipinski definition) is 2. The third-order valence-corrected chi connectivity index (χ3v) is 2.76. The molecule has 2 N–H and O–H groups in total. The van der Waals surface area contributed by atoms with Crippen molar-refractivity contribution in [2.75, 3.05) is 0 Å². The van der Waals surface area contributed by atoms with Crippen LogP contribution in [0, 0.1) is 11.8 Å². The molecule has 2 saturated carbocycles. The zero-order valence-corrected chi connectivity index (χ0v) is 5.33. The lowest BCUT2D eigenvalue weighted by molar-refractivity contribution is -0.0148. The highest BCUT2D eigenvalue weighted by molar-refractivity contribution is 4.96. The largest absolute Gasteiger partial charge is 0.393 e. The van der Waals surface area contributed by atoms with E-state index in [1.54, 1.807) is 0 Å². The fourth-order valence-electron chi connectivity index (χ4n) is 2.16. The maximum atomic E-state index is 9.12. The molecule has 0 aromatic carbocycles. The van der Waals surface area contributed by atoms with Gasteiger partial charge in [-0.25, -0.2) is 0 Å². The fourth-order valence-corrected chi connectivity index (χ4v) is 2.16. The van der Waals surface area contributed by atoms with Crippen molar-refractivity contribution in [3.63, 3.8) is 0 Å². The lowest BCUT2D eigenvalue weighted by Gasteiger charge is -2.35. The predicted octanol–water partition coefficient (Wildman–Crippen LogP) is 0.138. The molecular weight excluding hydrogens is 116 g/mol. The Morgan fingerprint density at radius 2 is 1.78 bits per heavy atom. The van der Waals surface area contributed by atoms with Crippen LogP contribution in [0.1, 0.15) is 19.3 Å². The summed E-state index contributed by atoms with van der Waals surface area (Å²) in [4.78, 5) is 0. The van der Waals surface area contributed by atoms with E-state index in [9.17, 15) is 0 Å². The molecule has 0 aromatic rings. The average Bonchev–Trinajstić information content (AvgIpc) is 2.08. The first-order valence-corrected chi connectivity index (χ1v) is 3.63. The van der Waals surface area contributed by atoms with Crippen LogP contribution in [-0.4, -0.2) is 22.4 Å². The zero-order valence-electron chi connectivity index (χ0n) is 5.33. The SMILES string of the molecule is O[C@H]1C[C@H]2C[C@@H](O)[C@H]2C1. The van der Waals surface area contributed by atoms with Crippen LogP contribution in [0.25, 0.3) is 0 Å². The van der Waals surface area contributed by atoms with Gasteiger partial charge in [0.1, 0.15) is 0 Å². The van der Waals surface area contributed by atoms with Crippen molar-refractivity contribution in [1.29, 1.82) is 0 Å². The summed E-state index contributed by atoms with van der Waals surface area (Å²) in [5, 5.41) is 18.2. The van der Waals surface area contributed by atoms with Gasteiger partial charge in [0, 0.05) is 0 Å². The minimum absolute atomic E-state index is 0.0906. The van der Waals surface area contributed by atoms with Crippen molar-refractivity contribution in [2.45, 2.75) is 31.5 Å². The molecule has 2 aliphatic rings. The molecule has 2 rings (SSSR count). The van der Waals surface area contributed by atoms with E-state index in [-0.39, 0.29) is 12.2 Å². The summed E-state index contributed by atoms with van der Waals surface area (Å²) in [6.45, 7) is 0. The topological polar surface area (TPSA) is 40.5 Å². The summed E-state index contributed by atoms with van der Waals surface area (Å²) in [7, 11) is 0. The predicted molar refractivity (Wildman–Crippen MR) is 32.8 cm³/mol. The maximum Gasteiger partial charge on any atom is 0.0574 e. The van der Waals surface area contributed by atoms with Crippen LogP contribution in [0.4, 0.5) is 0 Å². The first-order chi connectivity index (χ1) is 4.27. The molecule has 0 radical (unpaired) electrons. The standard InChI is InChI=1S/C7H12O2/c8-5-1-4-2-7(9)6(4)3-5/h4-9H,1-3H2/t4-,5-,6-,7+/m0/s1. The van der Waals surface area contributed by atoms with Crippen LogP contribution in [-0.2, 0) is 0 Å². The molecule has 0 aromatic heterocycles. The average molecular weight is 128 g/mol. The Morgan fingerprint density at radius 1 is 1.00 bits per heavy atom. The summed E-state index contributed by atoms with van der Waals surface area (Å²) in [6.07, 6.45) is 2.50. The van der Waals surface area contributed by atoms with Crippen molar-refractivity contribution in [3.8, 4) is 0 Å². The van der Waals surface area contributed by atoms with Gasteiger partial charge in [-0.3, -0.25) is 0 Å². The summed E-state index contributed by atoms with van der Waals surface area (Å²) >= 11 is 0. The van der Waals surface area contributed by atoms with E-state index in [0.29, 0.717) is 11.8 Å². The number of aliphatic hydroxyl groups is 2. The van der Waals surface area contributed by atoms with E-state index in [1.165, 1.54) is 0 Å². The molecule has 2 fully saturated rings. The van der Waals surface area contributed by atoms with Crippen molar-refractivity contribution in [1.82, 2.24) is 0 Å². The van der Waals surface area contributed by atoms with E-state index in [4.69, 9.17) is 10.2 Å². The molecule has 4 atom stereocenters. The van der Waals surface area contributed by atoms with Crippen LogP contribution in [0.3, 0.4) is 0 Å². The first kappa shape index (κ1) is 5.69. The summed E-state index contributed by atoms with van der Waals surface area (Å²) in [5.74, 6) is 1.09. The molecule has 52 valence electrons. The Labute approximate surface area is 54.5 Å². The number of rotatable bonds is 0. The van der Waals surface area contributed by atoms with Crippen molar-refractivity contribution in [2.24, 2.45) is 11.8 Å². The molecule has 0 heterocycles. The minimum Gasteiger partial charge on any atom is -0.393 e. The molecule has 9 heavy (non-hydrogen) atoms. The Morgan fingerprint density at radius 3 is 2.22 bits per heavy atom. The van der Waals surface area contributed by atoms with Crippen LogP contribution in [0.5, 0.6) is 0 Å². The second-order valence-electron chi connectivity index (χ2n) is 3.35. The van der Waals surface area contributed by atoms with Gasteiger partial charge >= 0.3 is 0 Å². The van der Waals surface area contributed by atoms with E-state index < -0.39 is 0 Å². The molecule has 0 bridgehead atoms. The number of fused-ring (bicyclic) bond motifs is 1. The highest BCUT2D eigenvalue weighted by atomic mass is 16.3. The summed E-state index contributed by atoms with van der Waals surface area (Å²) in [5.41, 5.74) is 0. The van der Waals surface area contributed by atoms with Gasteiger partial charge in [0.25, 0.3) is 0 Å². The highest BCUT2D eigenvalue weighted by Gasteiger charge is 2.46. The second-order valence-corrected chi connectivity index (χ2v) is 3.35. The van der Waals surface area contributed by atoms with Gasteiger partial charge in [0.15, 0.2) is 0 Å². The molecule has 0 spiro atoms.